The van der Waals surface area contributed by atoms with Crippen LogP contribution in [0.25, 0.3) is 10.2 Å². The zero-order valence-corrected chi connectivity index (χ0v) is 19.1. The van der Waals surface area contributed by atoms with Gasteiger partial charge in [-0.3, -0.25) is 14.6 Å². The highest BCUT2D eigenvalue weighted by atomic mass is 35.5. The molecule has 0 spiro atoms. The molecule has 0 N–H and O–H groups in total. The molecule has 4 rings (SSSR count). The molecule has 0 saturated carbocycles. The third-order valence-electron chi connectivity index (χ3n) is 5.44. The van der Waals surface area contributed by atoms with Crippen molar-refractivity contribution in [3.05, 3.63) is 45.9 Å². The van der Waals surface area contributed by atoms with Gasteiger partial charge < -0.3 is 9.15 Å². The van der Waals surface area contributed by atoms with Crippen LogP contribution in [0.5, 0.6) is 0 Å². The summed E-state index contributed by atoms with van der Waals surface area (Å²) in [5.74, 6) is 1.29. The average Bonchev–Trinajstić information content (AvgIpc) is 3.31. The lowest BCUT2D eigenvalue weighted by Crippen LogP contribution is -2.39. The summed E-state index contributed by atoms with van der Waals surface area (Å²) in [6.07, 6.45) is 0.858. The molecule has 1 saturated heterocycles. The minimum Gasteiger partial charge on any atom is -0.466 e. The van der Waals surface area contributed by atoms with Gasteiger partial charge in [-0.25, -0.2) is 4.98 Å². The molecule has 8 heteroatoms. The van der Waals surface area contributed by atoms with Crippen LogP contribution in [0, 0.1) is 20.8 Å². The van der Waals surface area contributed by atoms with Crippen LogP contribution in [-0.4, -0.2) is 55.2 Å². The van der Waals surface area contributed by atoms with E-state index in [0.29, 0.717) is 28.0 Å². The molecule has 0 aliphatic carbocycles. The molecule has 30 heavy (non-hydrogen) atoms. The number of hydrogen-bond acceptors (Lipinski definition) is 6. The molecule has 160 valence electrons. The van der Waals surface area contributed by atoms with Crippen molar-refractivity contribution in [3.63, 3.8) is 0 Å². The fourth-order valence-electron chi connectivity index (χ4n) is 3.75. The maximum absolute atomic E-state index is 13.5. The van der Waals surface area contributed by atoms with Crippen molar-refractivity contribution in [1.29, 1.82) is 0 Å². The van der Waals surface area contributed by atoms with Crippen LogP contribution in [0.3, 0.4) is 0 Å². The van der Waals surface area contributed by atoms with Crippen LogP contribution in [0.15, 0.2) is 22.6 Å². The van der Waals surface area contributed by atoms with E-state index in [1.807, 2.05) is 39.0 Å². The standard InChI is InChI=1S/C22H26ClN3O3S/c1-14-13-17(16(3)29-14)21(27)26(8-4-7-25-9-11-28-12-10-25)22-24-20-15(2)18(23)5-6-19(20)30-22/h5-6,13H,4,7-12H2,1-3H3. The Bertz CT molecular complexity index is 1060. The number of aromatic nitrogens is 1. The van der Waals surface area contributed by atoms with E-state index in [1.165, 1.54) is 11.3 Å². The molecule has 1 aromatic carbocycles. The van der Waals surface area contributed by atoms with Gasteiger partial charge in [0.25, 0.3) is 5.91 Å². The summed E-state index contributed by atoms with van der Waals surface area (Å²) < 4.78 is 12.1. The van der Waals surface area contributed by atoms with E-state index >= 15 is 0 Å². The predicted molar refractivity (Wildman–Crippen MR) is 121 cm³/mol. The number of nitrogens with zero attached hydrogens (tertiary/aromatic N) is 3. The summed E-state index contributed by atoms with van der Waals surface area (Å²) in [5.41, 5.74) is 2.38. The summed E-state index contributed by atoms with van der Waals surface area (Å²) >= 11 is 7.81. The topological polar surface area (TPSA) is 58.8 Å². The van der Waals surface area contributed by atoms with E-state index in [2.05, 4.69) is 4.90 Å². The molecule has 0 unspecified atom stereocenters. The molecule has 1 aliphatic rings. The van der Waals surface area contributed by atoms with E-state index in [9.17, 15) is 4.79 Å². The second-order valence-electron chi connectivity index (χ2n) is 7.61. The average molecular weight is 448 g/mol. The minimum absolute atomic E-state index is 0.0749. The third kappa shape index (κ3) is 4.39. The highest BCUT2D eigenvalue weighted by Gasteiger charge is 2.25. The monoisotopic (exact) mass is 447 g/mol. The summed E-state index contributed by atoms with van der Waals surface area (Å²) in [7, 11) is 0. The lowest BCUT2D eigenvalue weighted by Gasteiger charge is -2.27. The molecule has 6 nitrogen and oxygen atoms in total. The first-order valence-electron chi connectivity index (χ1n) is 10.2. The second-order valence-corrected chi connectivity index (χ2v) is 9.02. The van der Waals surface area contributed by atoms with E-state index in [0.717, 1.165) is 60.8 Å². The Hall–Kier alpha value is -1.93. The van der Waals surface area contributed by atoms with Crippen molar-refractivity contribution in [2.75, 3.05) is 44.3 Å². The summed E-state index contributed by atoms with van der Waals surface area (Å²) in [6, 6.07) is 5.66. The van der Waals surface area contributed by atoms with Crippen LogP contribution in [0.4, 0.5) is 5.13 Å². The first kappa shape index (κ1) is 21.3. The fourth-order valence-corrected chi connectivity index (χ4v) is 4.96. The number of halogens is 1. The van der Waals surface area contributed by atoms with E-state index in [4.69, 9.17) is 25.7 Å². The SMILES string of the molecule is Cc1cc(C(=O)N(CCCN2CCOCC2)c2nc3c(C)c(Cl)ccc3s2)c(C)o1. The van der Waals surface area contributed by atoms with Gasteiger partial charge in [-0.05, 0) is 51.0 Å². The number of thiazole rings is 1. The Kier molecular flexibility index (Phi) is 6.43. The van der Waals surface area contributed by atoms with Crippen LogP contribution in [-0.2, 0) is 4.74 Å². The number of ether oxygens (including phenoxy) is 1. The van der Waals surface area contributed by atoms with Crippen molar-refractivity contribution < 1.29 is 13.9 Å². The van der Waals surface area contributed by atoms with E-state index in [-0.39, 0.29) is 5.91 Å². The van der Waals surface area contributed by atoms with Gasteiger partial charge in [-0.15, -0.1) is 0 Å². The van der Waals surface area contributed by atoms with E-state index in [1.54, 1.807) is 4.90 Å². The number of amides is 1. The lowest BCUT2D eigenvalue weighted by molar-refractivity contribution is 0.0376. The van der Waals surface area contributed by atoms with Gasteiger partial charge in [0.05, 0.1) is 29.0 Å². The summed E-state index contributed by atoms with van der Waals surface area (Å²) in [4.78, 5) is 22.4. The zero-order valence-electron chi connectivity index (χ0n) is 17.5. The molecule has 0 radical (unpaired) electrons. The molecular weight excluding hydrogens is 422 g/mol. The number of carbonyl (C=O) groups excluding carboxylic acids is 1. The molecule has 1 fully saturated rings. The maximum atomic E-state index is 13.5. The van der Waals surface area contributed by atoms with Gasteiger partial charge in [0.1, 0.15) is 11.5 Å². The van der Waals surface area contributed by atoms with Crippen molar-refractivity contribution >= 4 is 44.2 Å². The van der Waals surface area contributed by atoms with Crippen LogP contribution in [0.1, 0.15) is 33.9 Å². The Morgan fingerprint density at radius 2 is 2.03 bits per heavy atom. The number of benzene rings is 1. The maximum Gasteiger partial charge on any atom is 0.263 e. The molecule has 1 aliphatic heterocycles. The first-order chi connectivity index (χ1) is 14.4. The number of anilines is 1. The van der Waals surface area contributed by atoms with E-state index < -0.39 is 0 Å². The third-order valence-corrected chi connectivity index (χ3v) is 6.90. The normalized spacial score (nSPS) is 15.1. The van der Waals surface area contributed by atoms with Gasteiger partial charge in [0, 0.05) is 31.2 Å². The highest BCUT2D eigenvalue weighted by molar-refractivity contribution is 7.22. The number of aryl methyl sites for hydroxylation is 3. The summed E-state index contributed by atoms with van der Waals surface area (Å²) in [6.45, 7) is 10.6. The van der Waals surface area contributed by atoms with Crippen molar-refractivity contribution in [2.24, 2.45) is 0 Å². The Labute approximate surface area is 185 Å². The number of furan rings is 1. The molecule has 2 aromatic heterocycles. The number of morpholine rings is 1. The van der Waals surface area contributed by atoms with Gasteiger partial charge in [-0.2, -0.15) is 0 Å². The number of fused-ring (bicyclic) bond motifs is 1. The lowest BCUT2D eigenvalue weighted by atomic mass is 10.2. The fraction of sp³-hybridized carbons (Fsp3) is 0.455. The van der Waals surface area contributed by atoms with Gasteiger partial charge >= 0.3 is 0 Å². The molecule has 3 heterocycles. The number of carbonyl (C=O) groups is 1. The van der Waals surface area contributed by atoms with Gasteiger partial charge in [0.15, 0.2) is 5.13 Å². The molecule has 0 atom stereocenters. The van der Waals surface area contributed by atoms with Crippen molar-refractivity contribution in [2.45, 2.75) is 27.2 Å². The molecule has 0 bridgehead atoms. The Balaban J connectivity index is 1.61. The van der Waals surface area contributed by atoms with Gasteiger partial charge in [0.2, 0.25) is 0 Å². The molecular formula is C22H26ClN3O3S. The summed E-state index contributed by atoms with van der Waals surface area (Å²) in [5, 5.41) is 1.38. The number of rotatable bonds is 6. The Morgan fingerprint density at radius 1 is 1.27 bits per heavy atom. The molecule has 3 aromatic rings. The van der Waals surface area contributed by atoms with Crippen molar-refractivity contribution in [1.82, 2.24) is 9.88 Å². The Morgan fingerprint density at radius 3 is 2.73 bits per heavy atom. The van der Waals surface area contributed by atoms with Crippen LogP contribution < -0.4 is 4.90 Å². The molecule has 1 amide bonds. The quantitative estimate of drug-likeness (QED) is 0.541. The smallest absolute Gasteiger partial charge is 0.263 e. The minimum atomic E-state index is -0.0749. The van der Waals surface area contributed by atoms with Crippen molar-refractivity contribution in [3.8, 4) is 0 Å². The van der Waals surface area contributed by atoms with Crippen LogP contribution in [0.2, 0.25) is 5.02 Å². The largest absolute Gasteiger partial charge is 0.466 e. The van der Waals surface area contributed by atoms with Crippen LogP contribution >= 0.6 is 22.9 Å². The zero-order chi connectivity index (χ0) is 21.3. The number of hydrogen-bond donors (Lipinski definition) is 0. The highest BCUT2D eigenvalue weighted by Crippen LogP contribution is 2.34. The second kappa shape index (κ2) is 9.06. The first-order valence-corrected chi connectivity index (χ1v) is 11.4. The van der Waals surface area contributed by atoms with Gasteiger partial charge in [-0.1, -0.05) is 22.9 Å². The predicted octanol–water partition coefficient (Wildman–Crippen LogP) is 4.84.